The van der Waals surface area contributed by atoms with Crippen molar-refractivity contribution in [2.24, 2.45) is 11.5 Å². The number of nitrogens with zero attached hydrogens (tertiary/aromatic N) is 2. The van der Waals surface area contributed by atoms with Crippen LogP contribution in [0.1, 0.15) is 0 Å². The van der Waals surface area contributed by atoms with Crippen molar-refractivity contribution in [3.05, 3.63) is 42.0 Å². The first-order chi connectivity index (χ1) is 9.07. The molecule has 0 spiro atoms. The number of hydrogen-bond acceptors (Lipinski definition) is 4. The third kappa shape index (κ3) is 2.23. The minimum absolute atomic E-state index is 0.194. The van der Waals surface area contributed by atoms with Crippen LogP contribution in [0.2, 0.25) is 0 Å². The Kier molecular flexibility index (Phi) is 3.64. The molecule has 0 radical (unpaired) electrons. The zero-order valence-corrected chi connectivity index (χ0v) is 10.6. The number of rotatable bonds is 2. The summed E-state index contributed by atoms with van der Waals surface area (Å²) in [6.45, 7) is 0.194. The topological polar surface area (TPSA) is 92.7 Å². The van der Waals surface area contributed by atoms with E-state index in [4.69, 9.17) is 11.5 Å². The zero-order chi connectivity index (χ0) is 14.0. The number of para-hydroxylation sites is 1. The van der Waals surface area contributed by atoms with E-state index in [9.17, 15) is 9.59 Å². The van der Waals surface area contributed by atoms with Crippen LogP contribution in [-0.2, 0) is 4.79 Å². The molecule has 3 amide bonds. The van der Waals surface area contributed by atoms with Gasteiger partial charge in [-0.05, 0) is 12.1 Å². The summed E-state index contributed by atoms with van der Waals surface area (Å²) in [7, 11) is 1.43. The number of nitrogens with two attached hydrogens (primary N) is 2. The van der Waals surface area contributed by atoms with Crippen LogP contribution in [0.5, 0.6) is 0 Å². The van der Waals surface area contributed by atoms with Crippen molar-refractivity contribution >= 4 is 17.6 Å². The van der Waals surface area contributed by atoms with Crippen molar-refractivity contribution in [3.8, 4) is 0 Å². The number of hydrogen-bond donors (Lipinski definition) is 2. The van der Waals surface area contributed by atoms with Gasteiger partial charge in [0.1, 0.15) is 6.17 Å². The quantitative estimate of drug-likeness (QED) is 0.746. The van der Waals surface area contributed by atoms with Crippen molar-refractivity contribution < 1.29 is 9.59 Å². The van der Waals surface area contributed by atoms with E-state index < -0.39 is 18.1 Å². The molecule has 1 saturated heterocycles. The highest BCUT2D eigenvalue weighted by atomic mass is 16.2. The second-order valence-electron chi connectivity index (χ2n) is 4.19. The first-order valence-electron chi connectivity index (χ1n) is 5.90. The van der Waals surface area contributed by atoms with Crippen molar-refractivity contribution in [3.63, 3.8) is 0 Å². The maximum atomic E-state index is 12.2. The molecule has 1 aromatic carbocycles. The molecule has 1 heterocycles. The Balaban J connectivity index is 2.46. The van der Waals surface area contributed by atoms with Crippen LogP contribution in [-0.4, -0.2) is 36.6 Å². The molecule has 2 rings (SSSR count). The number of imide groups is 1. The van der Waals surface area contributed by atoms with Gasteiger partial charge in [-0.2, -0.15) is 0 Å². The van der Waals surface area contributed by atoms with Crippen LogP contribution in [0, 0.1) is 0 Å². The number of likely N-dealkylation sites (N-methyl/N-ethyl adjacent to an activating group) is 1. The number of benzene rings is 1. The summed E-state index contributed by atoms with van der Waals surface area (Å²) < 4.78 is 0. The van der Waals surface area contributed by atoms with E-state index in [-0.39, 0.29) is 6.54 Å². The molecule has 19 heavy (non-hydrogen) atoms. The number of amides is 3. The molecule has 0 aromatic heterocycles. The Bertz CT molecular complexity index is 527. The maximum absolute atomic E-state index is 12.2. The van der Waals surface area contributed by atoms with Gasteiger partial charge in [-0.15, -0.1) is 0 Å². The van der Waals surface area contributed by atoms with E-state index in [1.54, 1.807) is 30.3 Å². The molecule has 1 aromatic rings. The molecule has 1 atom stereocenters. The van der Waals surface area contributed by atoms with Crippen LogP contribution in [0.25, 0.3) is 0 Å². The molecule has 0 bridgehead atoms. The van der Waals surface area contributed by atoms with Gasteiger partial charge in [-0.25, -0.2) is 4.79 Å². The fraction of sp³-hybridized carbons (Fsp3) is 0.231. The summed E-state index contributed by atoms with van der Waals surface area (Å²) in [5.74, 6) is -0.407. The zero-order valence-electron chi connectivity index (χ0n) is 10.6. The van der Waals surface area contributed by atoms with E-state index >= 15 is 0 Å². The summed E-state index contributed by atoms with van der Waals surface area (Å²) >= 11 is 0. The second-order valence-corrected chi connectivity index (χ2v) is 4.19. The van der Waals surface area contributed by atoms with E-state index in [1.807, 2.05) is 6.07 Å². The van der Waals surface area contributed by atoms with Gasteiger partial charge in [0, 0.05) is 19.3 Å². The number of carbonyl (C=O) groups is 2. The first-order valence-corrected chi connectivity index (χ1v) is 5.90. The SMILES string of the molecule is CN1C(=O)C(=CCN)C(N)N(c2ccccc2)C1=O. The molecule has 100 valence electrons. The molecule has 6 nitrogen and oxygen atoms in total. The summed E-state index contributed by atoms with van der Waals surface area (Å²) in [5.41, 5.74) is 12.4. The summed E-state index contributed by atoms with van der Waals surface area (Å²) in [5, 5.41) is 0. The van der Waals surface area contributed by atoms with Crippen LogP contribution in [0.15, 0.2) is 42.0 Å². The van der Waals surface area contributed by atoms with Gasteiger partial charge in [0.2, 0.25) is 0 Å². The van der Waals surface area contributed by atoms with Crippen molar-refractivity contribution in [1.82, 2.24) is 4.90 Å². The van der Waals surface area contributed by atoms with Gasteiger partial charge in [-0.3, -0.25) is 14.6 Å². The summed E-state index contributed by atoms with van der Waals surface area (Å²) in [6.07, 6.45) is 0.730. The average molecular weight is 260 g/mol. The predicted octanol–water partition coefficient (Wildman–Crippen LogP) is 0.255. The first kappa shape index (κ1) is 13.3. The van der Waals surface area contributed by atoms with E-state index in [0.29, 0.717) is 11.3 Å². The second kappa shape index (κ2) is 5.21. The molecule has 1 unspecified atom stereocenters. The highest BCUT2D eigenvalue weighted by Gasteiger charge is 2.39. The Morgan fingerprint density at radius 2 is 1.89 bits per heavy atom. The maximum Gasteiger partial charge on any atom is 0.332 e. The lowest BCUT2D eigenvalue weighted by Crippen LogP contribution is -2.60. The summed E-state index contributed by atoms with van der Waals surface area (Å²) in [4.78, 5) is 26.6. The lowest BCUT2D eigenvalue weighted by Gasteiger charge is -2.38. The Morgan fingerprint density at radius 1 is 1.26 bits per heavy atom. The Labute approximate surface area is 111 Å². The van der Waals surface area contributed by atoms with E-state index in [0.717, 1.165) is 4.90 Å². The van der Waals surface area contributed by atoms with Gasteiger partial charge in [-0.1, -0.05) is 24.3 Å². The third-order valence-corrected chi connectivity index (χ3v) is 3.01. The largest absolute Gasteiger partial charge is 0.332 e. The molecule has 0 aliphatic carbocycles. The lowest BCUT2D eigenvalue weighted by molar-refractivity contribution is -0.124. The van der Waals surface area contributed by atoms with E-state index in [2.05, 4.69) is 0 Å². The van der Waals surface area contributed by atoms with Crippen LogP contribution >= 0.6 is 0 Å². The fourth-order valence-electron chi connectivity index (χ4n) is 2.02. The predicted molar refractivity (Wildman–Crippen MR) is 72.2 cm³/mol. The van der Waals surface area contributed by atoms with Crippen molar-refractivity contribution in [2.75, 3.05) is 18.5 Å². The van der Waals surface area contributed by atoms with Gasteiger partial charge >= 0.3 is 6.03 Å². The van der Waals surface area contributed by atoms with Crippen LogP contribution in [0.4, 0.5) is 10.5 Å². The molecule has 1 aliphatic heterocycles. The monoisotopic (exact) mass is 260 g/mol. The molecule has 4 N–H and O–H groups in total. The van der Waals surface area contributed by atoms with Gasteiger partial charge in [0.15, 0.2) is 0 Å². The molecule has 1 aliphatic rings. The molecule has 1 fully saturated rings. The molecular formula is C13H16N4O2. The average Bonchev–Trinajstić information content (AvgIpc) is 2.43. The van der Waals surface area contributed by atoms with Gasteiger partial charge in [0.25, 0.3) is 5.91 Å². The molecule has 6 heteroatoms. The minimum Gasteiger partial charge on any atom is -0.327 e. The van der Waals surface area contributed by atoms with Crippen LogP contribution in [0.3, 0.4) is 0 Å². The lowest BCUT2D eigenvalue weighted by atomic mass is 10.1. The molecule has 0 saturated carbocycles. The fourth-order valence-corrected chi connectivity index (χ4v) is 2.02. The highest BCUT2D eigenvalue weighted by Crippen LogP contribution is 2.24. The molecular weight excluding hydrogens is 244 g/mol. The number of urea groups is 1. The smallest absolute Gasteiger partial charge is 0.327 e. The van der Waals surface area contributed by atoms with Gasteiger partial charge in [0.05, 0.1) is 5.57 Å². The standard InChI is InChI=1S/C13H16N4O2/c1-16-12(18)10(7-8-14)11(15)17(13(16)19)9-5-3-2-4-6-9/h2-7,11H,8,14-15H2,1H3. The van der Waals surface area contributed by atoms with Crippen LogP contribution < -0.4 is 16.4 Å². The Hall–Kier alpha value is -2.18. The summed E-state index contributed by atoms with van der Waals surface area (Å²) in [6, 6.07) is 8.53. The van der Waals surface area contributed by atoms with E-state index in [1.165, 1.54) is 11.9 Å². The normalized spacial score (nSPS) is 22.3. The Morgan fingerprint density at radius 3 is 2.47 bits per heavy atom. The number of anilines is 1. The highest BCUT2D eigenvalue weighted by molar-refractivity contribution is 6.13. The van der Waals surface area contributed by atoms with Crippen molar-refractivity contribution in [1.29, 1.82) is 0 Å². The van der Waals surface area contributed by atoms with Crippen molar-refractivity contribution in [2.45, 2.75) is 6.17 Å². The van der Waals surface area contributed by atoms with Gasteiger partial charge < -0.3 is 11.5 Å². The number of carbonyl (C=O) groups excluding carboxylic acids is 2. The minimum atomic E-state index is -0.817. The third-order valence-electron chi connectivity index (χ3n) is 3.01.